The van der Waals surface area contributed by atoms with Crippen molar-refractivity contribution in [1.29, 1.82) is 0 Å². The van der Waals surface area contributed by atoms with Gasteiger partial charge in [-0.05, 0) is 62.4 Å². The van der Waals surface area contributed by atoms with Crippen molar-refractivity contribution >= 4 is 11.6 Å². The molecule has 1 aliphatic rings. The number of nitrogen functional groups attached to an aromatic ring is 1. The van der Waals surface area contributed by atoms with Gasteiger partial charge in [-0.15, -0.1) is 0 Å². The van der Waals surface area contributed by atoms with Crippen LogP contribution in [-0.2, 0) is 12.8 Å². The fraction of sp³-hybridized carbons (Fsp3) is 0.238. The third kappa shape index (κ3) is 2.56. The molecule has 134 valence electrons. The van der Waals surface area contributed by atoms with E-state index < -0.39 is 0 Å². The number of hydrogen-bond acceptors (Lipinski definition) is 5. The van der Waals surface area contributed by atoms with Crippen LogP contribution >= 0.6 is 0 Å². The maximum absolute atomic E-state index is 6.24. The highest BCUT2D eigenvalue weighted by molar-refractivity contribution is 5.91. The van der Waals surface area contributed by atoms with Crippen LogP contribution < -0.4 is 5.73 Å². The van der Waals surface area contributed by atoms with E-state index in [1.54, 1.807) is 6.20 Å². The molecule has 4 aromatic rings. The highest BCUT2D eigenvalue weighted by atomic mass is 15.1. The lowest BCUT2D eigenvalue weighted by Gasteiger charge is -2.14. The van der Waals surface area contributed by atoms with Gasteiger partial charge in [0.25, 0.3) is 0 Å². The van der Waals surface area contributed by atoms with Gasteiger partial charge in [-0.1, -0.05) is 0 Å². The van der Waals surface area contributed by atoms with Crippen LogP contribution in [-0.4, -0.2) is 24.3 Å². The van der Waals surface area contributed by atoms with Crippen LogP contribution in [0.5, 0.6) is 0 Å². The lowest BCUT2D eigenvalue weighted by molar-refractivity contribution is 0.899. The largest absolute Gasteiger partial charge is 0.369 e. The van der Waals surface area contributed by atoms with Crippen LogP contribution in [0.1, 0.15) is 29.1 Å². The van der Waals surface area contributed by atoms with E-state index in [4.69, 9.17) is 10.7 Å². The number of fused-ring (bicyclic) bond motifs is 2. The molecule has 1 aliphatic carbocycles. The smallest absolute Gasteiger partial charge is 0.206 e. The second-order valence-electron chi connectivity index (χ2n) is 7.14. The molecule has 0 saturated carbocycles. The number of anilines is 1. The first kappa shape index (κ1) is 15.9. The molecule has 5 rings (SSSR count). The van der Waals surface area contributed by atoms with Crippen LogP contribution in [0.4, 0.5) is 5.95 Å². The molecule has 0 aliphatic heterocycles. The fourth-order valence-electron chi connectivity index (χ4n) is 4.01. The molecule has 27 heavy (non-hydrogen) atoms. The molecule has 0 amide bonds. The number of rotatable bonds is 2. The summed E-state index contributed by atoms with van der Waals surface area (Å²) in [5.41, 5.74) is 15.3. The summed E-state index contributed by atoms with van der Waals surface area (Å²) in [5, 5.41) is 0. The summed E-state index contributed by atoms with van der Waals surface area (Å²) in [4.78, 5) is 18.5. The summed E-state index contributed by atoms with van der Waals surface area (Å²) in [6, 6.07) is 6.35. The third-order valence-corrected chi connectivity index (χ3v) is 5.14. The molecule has 4 heterocycles. The number of nitrogens with two attached hydrogens (primary N) is 1. The minimum absolute atomic E-state index is 0.421. The molecule has 0 radical (unpaired) electrons. The summed E-state index contributed by atoms with van der Waals surface area (Å²) in [6.45, 7) is 4.00. The zero-order valence-electron chi connectivity index (χ0n) is 15.4. The van der Waals surface area contributed by atoms with Gasteiger partial charge in [0.05, 0.1) is 11.3 Å². The molecule has 0 fully saturated rings. The Morgan fingerprint density at radius 3 is 2.59 bits per heavy atom. The molecule has 0 unspecified atom stereocenters. The fourth-order valence-corrected chi connectivity index (χ4v) is 4.01. The molecule has 6 heteroatoms. The second-order valence-corrected chi connectivity index (χ2v) is 7.14. The number of nitrogens with zero attached hydrogens (tertiary/aromatic N) is 5. The van der Waals surface area contributed by atoms with Crippen molar-refractivity contribution in [2.75, 3.05) is 5.73 Å². The predicted molar refractivity (Wildman–Crippen MR) is 105 cm³/mol. The van der Waals surface area contributed by atoms with E-state index in [0.717, 1.165) is 58.7 Å². The molecule has 0 saturated heterocycles. The van der Waals surface area contributed by atoms with Gasteiger partial charge in [0, 0.05) is 41.2 Å². The van der Waals surface area contributed by atoms with Crippen molar-refractivity contribution in [3.05, 3.63) is 59.4 Å². The molecule has 0 atom stereocenters. The van der Waals surface area contributed by atoms with Gasteiger partial charge < -0.3 is 5.73 Å². The summed E-state index contributed by atoms with van der Waals surface area (Å²) in [6.07, 6.45) is 8.79. The second kappa shape index (κ2) is 5.87. The molecule has 2 N–H and O–H groups in total. The average Bonchev–Trinajstić information content (AvgIpc) is 3.29. The number of aryl methyl sites for hydroxylation is 4. The number of hydrogen-bond donors (Lipinski definition) is 1. The Kier molecular flexibility index (Phi) is 3.47. The molecule has 0 bridgehead atoms. The van der Waals surface area contributed by atoms with E-state index in [1.807, 2.05) is 30.6 Å². The maximum Gasteiger partial charge on any atom is 0.206 e. The van der Waals surface area contributed by atoms with Crippen molar-refractivity contribution in [3.63, 3.8) is 0 Å². The third-order valence-electron chi connectivity index (χ3n) is 5.14. The molecular formula is C21H20N6. The van der Waals surface area contributed by atoms with Gasteiger partial charge in [-0.25, -0.2) is 9.97 Å². The van der Waals surface area contributed by atoms with Gasteiger partial charge >= 0.3 is 0 Å². The van der Waals surface area contributed by atoms with Gasteiger partial charge in [0.2, 0.25) is 5.95 Å². The van der Waals surface area contributed by atoms with E-state index in [2.05, 4.69) is 33.2 Å². The Hall–Kier alpha value is -3.28. The Morgan fingerprint density at radius 1 is 0.963 bits per heavy atom. The molecule has 6 nitrogen and oxygen atoms in total. The van der Waals surface area contributed by atoms with Crippen molar-refractivity contribution in [2.24, 2.45) is 0 Å². The maximum atomic E-state index is 6.24. The molecule has 4 aromatic heterocycles. The van der Waals surface area contributed by atoms with Gasteiger partial charge in [0.1, 0.15) is 5.65 Å². The Bertz CT molecular complexity index is 1170. The van der Waals surface area contributed by atoms with E-state index in [1.165, 1.54) is 11.3 Å². The van der Waals surface area contributed by atoms with Crippen LogP contribution in [0.3, 0.4) is 0 Å². The van der Waals surface area contributed by atoms with E-state index in [0.29, 0.717) is 5.95 Å². The van der Waals surface area contributed by atoms with Crippen molar-refractivity contribution in [2.45, 2.75) is 33.1 Å². The van der Waals surface area contributed by atoms with E-state index >= 15 is 0 Å². The highest BCUT2D eigenvalue weighted by Gasteiger charge is 2.20. The average molecular weight is 356 g/mol. The van der Waals surface area contributed by atoms with E-state index in [9.17, 15) is 0 Å². The number of pyridine rings is 2. The Balaban J connectivity index is 1.84. The van der Waals surface area contributed by atoms with E-state index in [-0.39, 0.29) is 0 Å². The number of imidazole rings is 1. The van der Waals surface area contributed by atoms with Crippen molar-refractivity contribution in [3.8, 4) is 22.4 Å². The standard InChI is InChI=1S/C21H20N6/c1-12-8-15(9-13(2)25-12)18-19(26-21(22)27-7-6-23-20(18)27)16-10-14-4-3-5-17(14)24-11-16/h6-11H,3-5H2,1-2H3,(H2,22,26). The minimum atomic E-state index is 0.421. The summed E-state index contributed by atoms with van der Waals surface area (Å²) in [5.74, 6) is 0.421. The normalized spacial score (nSPS) is 13.3. The molecule has 0 spiro atoms. The lowest BCUT2D eigenvalue weighted by Crippen LogP contribution is -2.05. The van der Waals surface area contributed by atoms with Gasteiger partial charge in [-0.3, -0.25) is 14.4 Å². The van der Waals surface area contributed by atoms with Crippen LogP contribution in [0, 0.1) is 13.8 Å². The Labute approximate surface area is 157 Å². The van der Waals surface area contributed by atoms with Gasteiger partial charge in [-0.2, -0.15) is 0 Å². The first-order chi connectivity index (χ1) is 13.1. The Morgan fingerprint density at radius 2 is 1.78 bits per heavy atom. The van der Waals surface area contributed by atoms with Crippen molar-refractivity contribution in [1.82, 2.24) is 24.3 Å². The minimum Gasteiger partial charge on any atom is -0.369 e. The van der Waals surface area contributed by atoms with Gasteiger partial charge in [0.15, 0.2) is 0 Å². The molecule has 0 aromatic carbocycles. The topological polar surface area (TPSA) is 82.0 Å². The van der Waals surface area contributed by atoms with Crippen LogP contribution in [0.25, 0.3) is 28.0 Å². The van der Waals surface area contributed by atoms with Crippen LogP contribution in [0.15, 0.2) is 36.8 Å². The predicted octanol–water partition coefficient (Wildman–Crippen LogP) is 3.54. The zero-order chi connectivity index (χ0) is 18.5. The lowest BCUT2D eigenvalue weighted by atomic mass is 9.99. The summed E-state index contributed by atoms with van der Waals surface area (Å²) >= 11 is 0. The quantitative estimate of drug-likeness (QED) is 0.594. The van der Waals surface area contributed by atoms with Crippen LogP contribution in [0.2, 0.25) is 0 Å². The van der Waals surface area contributed by atoms with Crippen molar-refractivity contribution < 1.29 is 0 Å². The molecular weight excluding hydrogens is 336 g/mol. The summed E-state index contributed by atoms with van der Waals surface area (Å²) in [7, 11) is 0. The SMILES string of the molecule is Cc1cc(-c2c(-c3cnc4c(c3)CCC4)nc(N)n3ccnc23)cc(C)n1. The highest BCUT2D eigenvalue weighted by Crippen LogP contribution is 2.36. The number of aromatic nitrogens is 5. The first-order valence-electron chi connectivity index (χ1n) is 9.16. The summed E-state index contributed by atoms with van der Waals surface area (Å²) < 4.78 is 1.82. The monoisotopic (exact) mass is 356 g/mol. The first-order valence-corrected chi connectivity index (χ1v) is 9.16. The zero-order valence-corrected chi connectivity index (χ0v) is 15.4.